The number of imide groups is 3. The summed E-state index contributed by atoms with van der Waals surface area (Å²) in [5.74, 6) is -2.80. The van der Waals surface area contributed by atoms with Gasteiger partial charge in [-0.1, -0.05) is 30.7 Å². The summed E-state index contributed by atoms with van der Waals surface area (Å²) in [6, 6.07) is 6.97. The smallest absolute Gasteiger partial charge is 0.455 e. The van der Waals surface area contributed by atoms with Crippen molar-refractivity contribution < 1.29 is 38.6 Å². The van der Waals surface area contributed by atoms with Crippen LogP contribution in [0.4, 0.5) is 4.79 Å². The van der Waals surface area contributed by atoms with Crippen LogP contribution < -0.4 is 0 Å². The molecule has 192 valence electrons. The number of carbonyl (C=O) groups is 3. The molecule has 4 atom stereocenters. The van der Waals surface area contributed by atoms with Crippen LogP contribution in [0.2, 0.25) is 6.32 Å². The predicted molar refractivity (Wildman–Crippen MR) is 132 cm³/mol. The molecular formula is C26H32BNO8. The van der Waals surface area contributed by atoms with Crippen LogP contribution in [0.5, 0.6) is 5.75 Å². The predicted octanol–water partition coefficient (Wildman–Crippen LogP) is 3.18. The fourth-order valence-corrected chi connectivity index (χ4v) is 5.82. The molecule has 9 nitrogen and oxygen atoms in total. The quantitative estimate of drug-likeness (QED) is 0.335. The molecular weight excluding hydrogens is 465 g/mol. The number of aromatic hydroxyl groups is 1. The number of amides is 3. The van der Waals surface area contributed by atoms with Crippen LogP contribution >= 0.6 is 0 Å². The van der Waals surface area contributed by atoms with E-state index in [4.69, 9.17) is 9.39 Å². The number of benzene rings is 1. The maximum atomic E-state index is 13.2. The van der Waals surface area contributed by atoms with Crippen LogP contribution in [0.1, 0.15) is 38.2 Å². The summed E-state index contributed by atoms with van der Waals surface area (Å²) in [5, 5.41) is 20.1. The number of likely N-dealkylation sites (tertiary alicyclic amines) is 1. The lowest BCUT2D eigenvalue weighted by atomic mass is 9.58. The average Bonchev–Trinajstić information content (AvgIpc) is 3.11. The molecule has 2 N–H and O–H groups in total. The van der Waals surface area contributed by atoms with Gasteiger partial charge in [0.2, 0.25) is 11.8 Å². The van der Waals surface area contributed by atoms with Crippen molar-refractivity contribution in [3.63, 3.8) is 0 Å². The fraction of sp³-hybridized carbons (Fsp3) is 0.500. The zero-order valence-electron chi connectivity index (χ0n) is 20.8. The second kappa shape index (κ2) is 11.0. The zero-order chi connectivity index (χ0) is 26.0. The van der Waals surface area contributed by atoms with Crippen LogP contribution in [0, 0.1) is 17.8 Å². The summed E-state index contributed by atoms with van der Waals surface area (Å²) in [4.78, 5) is 39.0. The number of phenols is 1. The topological polar surface area (TPSA) is 123 Å². The van der Waals surface area contributed by atoms with Crippen molar-refractivity contribution in [1.82, 2.24) is 4.90 Å². The second-order valence-electron chi connectivity index (χ2n) is 9.52. The third-order valence-corrected chi connectivity index (χ3v) is 7.43. The van der Waals surface area contributed by atoms with Crippen molar-refractivity contribution in [1.29, 1.82) is 0 Å². The minimum atomic E-state index is -1.09. The van der Waals surface area contributed by atoms with E-state index in [1.807, 2.05) is 12.1 Å². The summed E-state index contributed by atoms with van der Waals surface area (Å²) in [6.07, 6.45) is 3.19. The Morgan fingerprint density at radius 1 is 1.19 bits per heavy atom. The number of carbonyl (C=O) groups excluding carboxylic acids is 3. The number of phenolic OH excluding ortho intramolecular Hbond substituents is 1. The van der Waals surface area contributed by atoms with Crippen molar-refractivity contribution in [2.45, 2.75) is 45.0 Å². The number of nitrogens with zero attached hydrogens (tertiary/aromatic N) is 1. The Morgan fingerprint density at radius 3 is 2.56 bits per heavy atom. The molecule has 2 fully saturated rings. The second-order valence-corrected chi connectivity index (χ2v) is 9.52. The van der Waals surface area contributed by atoms with E-state index in [2.05, 4.69) is 17.7 Å². The van der Waals surface area contributed by atoms with Crippen LogP contribution in [0.25, 0.3) is 6.08 Å². The van der Waals surface area contributed by atoms with Gasteiger partial charge in [-0.3, -0.25) is 9.59 Å². The van der Waals surface area contributed by atoms with Gasteiger partial charge in [0.1, 0.15) is 5.75 Å². The minimum absolute atomic E-state index is 0.165. The Bertz CT molecular complexity index is 1080. The average molecular weight is 497 g/mol. The Labute approximate surface area is 210 Å². The molecule has 2 aliphatic heterocycles. The molecule has 10 heteroatoms. The highest BCUT2D eigenvalue weighted by atomic mass is 16.5. The molecule has 1 aromatic carbocycles. The van der Waals surface area contributed by atoms with E-state index in [1.54, 1.807) is 19.2 Å². The van der Waals surface area contributed by atoms with Crippen molar-refractivity contribution in [2.24, 2.45) is 17.8 Å². The third kappa shape index (κ3) is 4.98. The van der Waals surface area contributed by atoms with Gasteiger partial charge in [-0.25, -0.2) is 4.79 Å². The standard InChI is InChI=1S/C26H32BNO8/c1-4-15(11-16-5-8-18(29)9-6-16)7-10-21-22-17(14-34-2)12-19-23(20(22)13-27(33)36-21)25(31)28(24(19)30)26(32)35-3/h5-6,8-9,11,19-21,23,29,33H,4,7,10,12-14H2,1-3H3/b15-11+/t19-,20+,21-,23-/m1/s1. The number of hydrogen-bond donors (Lipinski definition) is 2. The van der Waals surface area contributed by atoms with Gasteiger partial charge in [0, 0.05) is 7.11 Å². The molecule has 1 aromatic rings. The first-order valence-electron chi connectivity index (χ1n) is 12.3. The maximum absolute atomic E-state index is 13.2. The van der Waals surface area contributed by atoms with Gasteiger partial charge >= 0.3 is 13.2 Å². The zero-order valence-corrected chi connectivity index (χ0v) is 20.8. The van der Waals surface area contributed by atoms with Gasteiger partial charge in [-0.05, 0) is 66.8 Å². The first-order chi connectivity index (χ1) is 17.3. The molecule has 3 aliphatic rings. The lowest BCUT2D eigenvalue weighted by Crippen LogP contribution is -2.46. The summed E-state index contributed by atoms with van der Waals surface area (Å²) in [5.41, 5.74) is 3.93. The monoisotopic (exact) mass is 497 g/mol. The fourth-order valence-electron chi connectivity index (χ4n) is 5.82. The van der Waals surface area contributed by atoms with Gasteiger partial charge in [-0.15, -0.1) is 0 Å². The number of fused-ring (bicyclic) bond motifs is 3. The molecule has 2 heterocycles. The molecule has 1 aliphatic carbocycles. The van der Waals surface area contributed by atoms with E-state index >= 15 is 0 Å². The van der Waals surface area contributed by atoms with E-state index in [0.717, 1.165) is 30.2 Å². The molecule has 0 bridgehead atoms. The van der Waals surface area contributed by atoms with Crippen molar-refractivity contribution in [3.8, 4) is 5.75 Å². The first kappa shape index (κ1) is 26.1. The van der Waals surface area contributed by atoms with E-state index in [-0.39, 0.29) is 18.7 Å². The molecule has 0 spiro atoms. The van der Waals surface area contributed by atoms with Crippen molar-refractivity contribution >= 4 is 31.1 Å². The van der Waals surface area contributed by atoms with Gasteiger partial charge in [0.15, 0.2) is 0 Å². The Morgan fingerprint density at radius 2 is 1.92 bits per heavy atom. The number of methoxy groups -OCH3 is 2. The highest BCUT2D eigenvalue weighted by molar-refractivity contribution is 6.43. The number of rotatable bonds is 7. The van der Waals surface area contributed by atoms with E-state index in [1.165, 1.54) is 5.57 Å². The van der Waals surface area contributed by atoms with E-state index < -0.39 is 48.9 Å². The molecule has 0 unspecified atom stereocenters. The van der Waals surface area contributed by atoms with Gasteiger partial charge in [0.25, 0.3) is 0 Å². The van der Waals surface area contributed by atoms with Crippen LogP contribution in [0.3, 0.4) is 0 Å². The van der Waals surface area contributed by atoms with Crippen LogP contribution in [0.15, 0.2) is 41.0 Å². The number of ether oxygens (including phenoxy) is 2. The van der Waals surface area contributed by atoms with Crippen LogP contribution in [-0.2, 0) is 23.7 Å². The molecule has 3 amide bonds. The van der Waals surface area contributed by atoms with Crippen molar-refractivity contribution in [2.75, 3.05) is 20.8 Å². The highest BCUT2D eigenvalue weighted by Crippen LogP contribution is 2.50. The molecule has 0 aromatic heterocycles. The lowest BCUT2D eigenvalue weighted by Gasteiger charge is -2.43. The van der Waals surface area contributed by atoms with Crippen LogP contribution in [-0.4, -0.2) is 67.0 Å². The number of hydrogen-bond acceptors (Lipinski definition) is 8. The maximum Gasteiger partial charge on any atom is 0.455 e. The number of allylic oxidation sites excluding steroid dienone is 1. The Kier molecular flexibility index (Phi) is 7.97. The summed E-state index contributed by atoms with van der Waals surface area (Å²) in [7, 11) is 1.61. The largest absolute Gasteiger partial charge is 0.508 e. The van der Waals surface area contributed by atoms with Gasteiger partial charge in [-0.2, -0.15) is 4.90 Å². The highest BCUT2D eigenvalue weighted by Gasteiger charge is 2.59. The first-order valence-corrected chi connectivity index (χ1v) is 12.3. The summed E-state index contributed by atoms with van der Waals surface area (Å²) >= 11 is 0. The van der Waals surface area contributed by atoms with Gasteiger partial charge < -0.3 is 24.3 Å². The van der Waals surface area contributed by atoms with Gasteiger partial charge in [0.05, 0.1) is 31.7 Å². The molecule has 0 saturated carbocycles. The minimum Gasteiger partial charge on any atom is -0.508 e. The summed E-state index contributed by atoms with van der Waals surface area (Å²) < 4.78 is 16.1. The van der Waals surface area contributed by atoms with E-state index in [9.17, 15) is 24.5 Å². The molecule has 0 radical (unpaired) electrons. The molecule has 36 heavy (non-hydrogen) atoms. The third-order valence-electron chi connectivity index (χ3n) is 7.43. The molecule has 2 saturated heterocycles. The lowest BCUT2D eigenvalue weighted by molar-refractivity contribution is -0.137. The Hall–Kier alpha value is -2.95. The molecule has 4 rings (SSSR count). The summed E-state index contributed by atoms with van der Waals surface area (Å²) in [6.45, 7) is 2.34. The SMILES string of the molecule is CC/C(=C\c1ccc(O)cc1)CC[C@H]1OB(O)C[C@H]2C1=C(COC)C[C@H]1C(=O)N(C(=O)OC)C(=O)[C@H]12. The Balaban J connectivity index is 1.62. The normalized spacial score (nSPS) is 26.3. The van der Waals surface area contributed by atoms with E-state index in [0.29, 0.717) is 24.2 Å². The van der Waals surface area contributed by atoms with Crippen molar-refractivity contribution in [3.05, 3.63) is 46.5 Å².